The lowest BCUT2D eigenvalue weighted by Gasteiger charge is -2.32. The number of urea groups is 1. The maximum Gasteiger partial charge on any atom is 0.315 e. The number of carbonyl (C=O) groups excluding carboxylic acids is 2. The van der Waals surface area contributed by atoms with Crippen LogP contribution in [0, 0.1) is 13.8 Å². The Bertz CT molecular complexity index is 677. The number of rotatable bonds is 5. The van der Waals surface area contributed by atoms with E-state index in [1.54, 1.807) is 0 Å². The zero-order valence-electron chi connectivity index (χ0n) is 17.2. The summed E-state index contributed by atoms with van der Waals surface area (Å²) in [5.74, 6) is 0.0217. The number of likely N-dealkylation sites (tertiary alicyclic amines) is 1. The monoisotopic (exact) mass is 386 g/mol. The van der Waals surface area contributed by atoms with Gasteiger partial charge in [0.2, 0.25) is 5.91 Å². The largest absolute Gasteiger partial charge is 0.335 e. The van der Waals surface area contributed by atoms with Crippen LogP contribution < -0.4 is 16.0 Å². The Hall–Kier alpha value is -2.08. The quantitative estimate of drug-likeness (QED) is 0.727. The third-order valence-electron chi connectivity index (χ3n) is 5.89. The average Bonchev–Trinajstić information content (AvgIpc) is 2.66. The van der Waals surface area contributed by atoms with Crippen molar-refractivity contribution in [2.75, 3.05) is 25.0 Å². The summed E-state index contributed by atoms with van der Waals surface area (Å²) in [4.78, 5) is 26.7. The molecule has 0 unspecified atom stereocenters. The van der Waals surface area contributed by atoms with Gasteiger partial charge in [0.05, 0.1) is 6.54 Å². The summed E-state index contributed by atoms with van der Waals surface area (Å²) < 4.78 is 0. The molecule has 6 heteroatoms. The fourth-order valence-corrected chi connectivity index (χ4v) is 4.24. The molecule has 0 spiro atoms. The number of anilines is 1. The van der Waals surface area contributed by atoms with Crippen LogP contribution in [0.25, 0.3) is 0 Å². The van der Waals surface area contributed by atoms with Gasteiger partial charge in [0.1, 0.15) is 0 Å². The van der Waals surface area contributed by atoms with Crippen molar-refractivity contribution in [1.29, 1.82) is 0 Å². The number of nitrogens with zero attached hydrogens (tertiary/aromatic N) is 1. The van der Waals surface area contributed by atoms with Crippen molar-refractivity contribution in [3.8, 4) is 0 Å². The van der Waals surface area contributed by atoms with Crippen LogP contribution in [0.4, 0.5) is 10.5 Å². The van der Waals surface area contributed by atoms with Crippen molar-refractivity contribution in [3.63, 3.8) is 0 Å². The van der Waals surface area contributed by atoms with Gasteiger partial charge in [-0.25, -0.2) is 4.79 Å². The normalized spacial score (nSPS) is 19.2. The molecule has 3 rings (SSSR count). The van der Waals surface area contributed by atoms with Crippen molar-refractivity contribution >= 4 is 17.6 Å². The highest BCUT2D eigenvalue weighted by molar-refractivity contribution is 5.93. The van der Waals surface area contributed by atoms with Crippen molar-refractivity contribution in [3.05, 3.63) is 29.3 Å². The molecule has 0 aromatic heterocycles. The maximum absolute atomic E-state index is 12.4. The average molecular weight is 387 g/mol. The molecule has 2 fully saturated rings. The van der Waals surface area contributed by atoms with Crippen LogP contribution in [0.2, 0.25) is 0 Å². The molecule has 1 saturated carbocycles. The van der Waals surface area contributed by atoms with Gasteiger partial charge in [0.25, 0.3) is 0 Å². The van der Waals surface area contributed by atoms with Gasteiger partial charge in [0, 0.05) is 30.9 Å². The molecule has 1 aromatic carbocycles. The van der Waals surface area contributed by atoms with Gasteiger partial charge in [-0.15, -0.1) is 0 Å². The molecule has 1 aliphatic carbocycles. The van der Waals surface area contributed by atoms with Gasteiger partial charge in [-0.05, 0) is 51.2 Å². The van der Waals surface area contributed by atoms with Crippen LogP contribution in [0.3, 0.4) is 0 Å². The molecule has 6 nitrogen and oxygen atoms in total. The fourth-order valence-electron chi connectivity index (χ4n) is 4.24. The van der Waals surface area contributed by atoms with E-state index in [1.165, 1.54) is 24.8 Å². The molecular formula is C22H34N4O2. The molecule has 154 valence electrons. The zero-order valence-corrected chi connectivity index (χ0v) is 17.2. The van der Waals surface area contributed by atoms with Crippen LogP contribution in [0.1, 0.15) is 56.1 Å². The number of amides is 3. The van der Waals surface area contributed by atoms with Gasteiger partial charge in [-0.1, -0.05) is 37.0 Å². The van der Waals surface area contributed by atoms with Crippen LogP contribution in [-0.2, 0) is 4.79 Å². The third-order valence-corrected chi connectivity index (χ3v) is 5.89. The Morgan fingerprint density at radius 2 is 1.61 bits per heavy atom. The predicted octanol–water partition coefficient (Wildman–Crippen LogP) is 3.34. The third kappa shape index (κ3) is 6.23. The molecule has 28 heavy (non-hydrogen) atoms. The van der Waals surface area contributed by atoms with E-state index in [-0.39, 0.29) is 18.0 Å². The minimum absolute atomic E-state index is 0.0217. The first-order valence-corrected chi connectivity index (χ1v) is 10.7. The molecule has 3 amide bonds. The molecule has 1 aromatic rings. The fraction of sp³-hybridized carbons (Fsp3) is 0.636. The Morgan fingerprint density at radius 1 is 0.964 bits per heavy atom. The van der Waals surface area contributed by atoms with E-state index in [1.807, 2.05) is 26.0 Å². The predicted molar refractivity (Wildman–Crippen MR) is 113 cm³/mol. The summed E-state index contributed by atoms with van der Waals surface area (Å²) in [7, 11) is 0. The second kappa shape index (κ2) is 9.92. The summed E-state index contributed by atoms with van der Waals surface area (Å²) in [6.07, 6.45) is 7.68. The van der Waals surface area contributed by atoms with Crippen LogP contribution in [0.5, 0.6) is 0 Å². The van der Waals surface area contributed by atoms with E-state index in [2.05, 4.69) is 26.9 Å². The standard InChI is InChI=1S/C22H34N4O2/c1-16-8-9-20(17(2)14-16)25-21(27)15-26-12-10-19(11-13-26)24-22(28)23-18-6-4-3-5-7-18/h8-9,14,18-19H,3-7,10-13,15H2,1-2H3,(H,25,27)(H2,23,24,28). The Morgan fingerprint density at radius 3 is 2.25 bits per heavy atom. The number of hydrogen-bond donors (Lipinski definition) is 3. The number of hydrogen-bond acceptors (Lipinski definition) is 3. The summed E-state index contributed by atoms with van der Waals surface area (Å²) in [5, 5.41) is 9.25. The van der Waals surface area contributed by atoms with Gasteiger partial charge in [0.15, 0.2) is 0 Å². The smallest absolute Gasteiger partial charge is 0.315 e. The Labute approximate surface area is 168 Å². The summed E-state index contributed by atoms with van der Waals surface area (Å²) in [6, 6.07) is 6.55. The summed E-state index contributed by atoms with van der Waals surface area (Å²) in [5.41, 5.74) is 3.16. The molecule has 2 aliphatic rings. The second-order valence-corrected chi connectivity index (χ2v) is 8.37. The number of piperidine rings is 1. The SMILES string of the molecule is Cc1ccc(NC(=O)CN2CCC(NC(=O)NC3CCCCC3)CC2)c(C)c1. The lowest BCUT2D eigenvalue weighted by Crippen LogP contribution is -2.51. The lowest BCUT2D eigenvalue weighted by atomic mass is 9.96. The van der Waals surface area contributed by atoms with Crippen LogP contribution >= 0.6 is 0 Å². The zero-order chi connectivity index (χ0) is 19.9. The van der Waals surface area contributed by atoms with Gasteiger partial charge in [-0.2, -0.15) is 0 Å². The molecule has 0 bridgehead atoms. The highest BCUT2D eigenvalue weighted by Crippen LogP contribution is 2.18. The maximum atomic E-state index is 12.4. The summed E-state index contributed by atoms with van der Waals surface area (Å²) >= 11 is 0. The van der Waals surface area contributed by atoms with E-state index >= 15 is 0 Å². The highest BCUT2D eigenvalue weighted by Gasteiger charge is 2.23. The first-order chi connectivity index (χ1) is 13.5. The molecule has 3 N–H and O–H groups in total. The van der Waals surface area contributed by atoms with Crippen LogP contribution in [-0.4, -0.2) is 48.6 Å². The van der Waals surface area contributed by atoms with Crippen molar-refractivity contribution in [1.82, 2.24) is 15.5 Å². The minimum atomic E-state index is -0.0297. The van der Waals surface area contributed by atoms with E-state index in [0.717, 1.165) is 50.0 Å². The first-order valence-electron chi connectivity index (χ1n) is 10.7. The van der Waals surface area contributed by atoms with Gasteiger partial charge < -0.3 is 16.0 Å². The van der Waals surface area contributed by atoms with Crippen molar-refractivity contribution < 1.29 is 9.59 Å². The van der Waals surface area contributed by atoms with Crippen LogP contribution in [0.15, 0.2) is 18.2 Å². The molecule has 1 aliphatic heterocycles. The second-order valence-electron chi connectivity index (χ2n) is 8.37. The topological polar surface area (TPSA) is 73.5 Å². The minimum Gasteiger partial charge on any atom is -0.335 e. The van der Waals surface area contributed by atoms with E-state index < -0.39 is 0 Å². The first kappa shape index (κ1) is 20.6. The molecular weight excluding hydrogens is 352 g/mol. The molecule has 1 saturated heterocycles. The number of nitrogens with one attached hydrogen (secondary N) is 3. The van der Waals surface area contributed by atoms with E-state index in [0.29, 0.717) is 12.6 Å². The highest BCUT2D eigenvalue weighted by atomic mass is 16.2. The Kier molecular flexibility index (Phi) is 7.31. The Balaban J connectivity index is 1.36. The number of carbonyl (C=O) groups is 2. The van der Waals surface area contributed by atoms with Gasteiger partial charge >= 0.3 is 6.03 Å². The number of aryl methyl sites for hydroxylation is 2. The molecule has 1 heterocycles. The van der Waals surface area contributed by atoms with E-state index in [4.69, 9.17) is 0 Å². The van der Waals surface area contributed by atoms with Crippen molar-refractivity contribution in [2.24, 2.45) is 0 Å². The van der Waals surface area contributed by atoms with E-state index in [9.17, 15) is 9.59 Å². The van der Waals surface area contributed by atoms with Crippen molar-refractivity contribution in [2.45, 2.75) is 70.9 Å². The van der Waals surface area contributed by atoms with Gasteiger partial charge in [-0.3, -0.25) is 9.69 Å². The summed E-state index contributed by atoms with van der Waals surface area (Å²) in [6.45, 7) is 6.11. The number of benzene rings is 1. The molecule has 0 atom stereocenters. The molecule has 0 radical (unpaired) electrons. The lowest BCUT2D eigenvalue weighted by molar-refractivity contribution is -0.117.